The molecule has 1 heterocycles. The van der Waals surface area contributed by atoms with E-state index in [1.54, 1.807) is 24.3 Å². The first kappa shape index (κ1) is 17.9. The van der Waals surface area contributed by atoms with E-state index in [0.717, 1.165) is 12.1 Å². The molecule has 9 heteroatoms. The summed E-state index contributed by atoms with van der Waals surface area (Å²) in [6.07, 6.45) is -3.14. The zero-order valence-electron chi connectivity index (χ0n) is 13.4. The topological polar surface area (TPSA) is 63.2 Å². The van der Waals surface area contributed by atoms with Crippen molar-refractivity contribution in [2.75, 3.05) is 7.05 Å². The number of aromatic amines is 1. The molecule has 3 rings (SSSR count). The average molecular weight is 381 g/mol. The quantitative estimate of drug-likeness (QED) is 0.649. The van der Waals surface area contributed by atoms with Crippen LogP contribution in [0.3, 0.4) is 0 Å². The van der Waals surface area contributed by atoms with Crippen molar-refractivity contribution >= 4 is 17.8 Å². The first-order valence-corrected chi connectivity index (χ1v) is 7.73. The van der Waals surface area contributed by atoms with E-state index in [-0.39, 0.29) is 17.0 Å². The maximum atomic E-state index is 13.3. The summed E-state index contributed by atoms with van der Waals surface area (Å²) in [6.45, 7) is 0. The van der Waals surface area contributed by atoms with E-state index < -0.39 is 11.7 Å². The molecule has 0 atom stereocenters. The average Bonchev–Trinajstić information content (AvgIpc) is 3.05. The summed E-state index contributed by atoms with van der Waals surface area (Å²) in [4.78, 5) is 3.82. The molecule has 3 aromatic rings. The largest absolute Gasteiger partial charge is 0.457 e. The number of halogens is 4. The molecule has 0 aliphatic rings. The summed E-state index contributed by atoms with van der Waals surface area (Å²) in [5.41, 5.74) is -0.0966. The van der Waals surface area contributed by atoms with Gasteiger partial charge in [0.15, 0.2) is 0 Å². The van der Waals surface area contributed by atoms with Gasteiger partial charge in [-0.1, -0.05) is 11.6 Å². The number of hydrogen-bond acceptors (Lipinski definition) is 4. The van der Waals surface area contributed by atoms with E-state index in [0.29, 0.717) is 16.5 Å². The van der Waals surface area contributed by atoms with Gasteiger partial charge in [-0.25, -0.2) is 0 Å². The summed E-state index contributed by atoms with van der Waals surface area (Å²) in [6, 6.07) is 9.65. The van der Waals surface area contributed by atoms with Crippen LogP contribution in [-0.4, -0.2) is 28.7 Å². The highest BCUT2D eigenvalue weighted by atomic mass is 35.5. The molecule has 1 aromatic heterocycles. The minimum absolute atomic E-state index is 0.0135. The van der Waals surface area contributed by atoms with Crippen LogP contribution in [0.5, 0.6) is 11.5 Å². The molecule has 0 fully saturated rings. The lowest BCUT2D eigenvalue weighted by atomic mass is 10.1. The van der Waals surface area contributed by atoms with Gasteiger partial charge in [0.05, 0.1) is 11.8 Å². The molecule has 0 spiro atoms. The van der Waals surface area contributed by atoms with Crippen molar-refractivity contribution in [2.45, 2.75) is 6.18 Å². The van der Waals surface area contributed by atoms with Crippen molar-refractivity contribution in [1.82, 2.24) is 15.4 Å². The van der Waals surface area contributed by atoms with Crippen molar-refractivity contribution in [3.05, 3.63) is 58.7 Å². The second kappa shape index (κ2) is 7.17. The molecule has 0 saturated heterocycles. The molecular weight excluding hydrogens is 369 g/mol. The van der Waals surface area contributed by atoms with Crippen LogP contribution in [0.2, 0.25) is 5.02 Å². The van der Waals surface area contributed by atoms with Gasteiger partial charge in [0.25, 0.3) is 0 Å². The fraction of sp³-hybridized carbons (Fsp3) is 0.118. The highest BCUT2D eigenvalue weighted by Crippen LogP contribution is 2.37. The number of alkyl halides is 3. The van der Waals surface area contributed by atoms with Gasteiger partial charge in [0.2, 0.25) is 0 Å². The highest BCUT2D eigenvalue weighted by Gasteiger charge is 2.32. The Balaban J connectivity index is 2.07. The molecule has 0 aliphatic carbocycles. The van der Waals surface area contributed by atoms with E-state index in [2.05, 4.69) is 20.4 Å². The van der Waals surface area contributed by atoms with Gasteiger partial charge in [-0.15, -0.1) is 0 Å². The smallest absolute Gasteiger partial charge is 0.416 e. The number of nitrogens with zero attached hydrogens (tertiary/aromatic N) is 3. The molecule has 26 heavy (non-hydrogen) atoms. The van der Waals surface area contributed by atoms with Crippen LogP contribution in [0.1, 0.15) is 11.3 Å². The Morgan fingerprint density at radius 3 is 2.46 bits per heavy atom. The molecule has 0 amide bonds. The van der Waals surface area contributed by atoms with Crippen LogP contribution in [0.15, 0.2) is 47.5 Å². The van der Waals surface area contributed by atoms with Crippen molar-refractivity contribution in [2.24, 2.45) is 4.99 Å². The Morgan fingerprint density at radius 1 is 1.08 bits per heavy atom. The van der Waals surface area contributed by atoms with Gasteiger partial charge >= 0.3 is 6.18 Å². The first-order valence-electron chi connectivity index (χ1n) is 7.36. The molecule has 2 aromatic carbocycles. The Morgan fingerprint density at radius 2 is 1.81 bits per heavy atom. The fourth-order valence-corrected chi connectivity index (χ4v) is 2.39. The SMILES string of the molecule is CN=Cc1n[nH]nc1-c1cc(Oc2ccc(Cl)cc2)cc(C(F)(F)F)c1. The predicted molar refractivity (Wildman–Crippen MR) is 91.9 cm³/mol. The van der Waals surface area contributed by atoms with Crippen molar-refractivity contribution in [3.63, 3.8) is 0 Å². The lowest BCUT2D eigenvalue weighted by molar-refractivity contribution is -0.137. The van der Waals surface area contributed by atoms with Gasteiger partial charge in [0, 0.05) is 17.6 Å². The van der Waals surface area contributed by atoms with Crippen LogP contribution >= 0.6 is 11.6 Å². The third-order valence-electron chi connectivity index (χ3n) is 3.38. The summed E-state index contributed by atoms with van der Waals surface area (Å²) in [5, 5.41) is 10.7. The van der Waals surface area contributed by atoms with Crippen molar-refractivity contribution in [3.8, 4) is 22.8 Å². The number of hydrogen-bond donors (Lipinski definition) is 1. The van der Waals surface area contributed by atoms with Crippen LogP contribution < -0.4 is 4.74 Å². The molecule has 0 aliphatic heterocycles. The standard InChI is InChI=1S/C17H12ClF3N4O/c1-22-9-15-16(24-25-23-15)10-6-11(17(19,20)21)8-14(7-10)26-13-4-2-12(18)3-5-13/h2-9H,1H3,(H,23,24,25). The van der Waals surface area contributed by atoms with Crippen LogP contribution in [-0.2, 0) is 6.18 Å². The minimum atomic E-state index is -4.54. The second-order valence-corrected chi connectivity index (χ2v) is 5.68. The molecule has 5 nitrogen and oxygen atoms in total. The van der Waals surface area contributed by atoms with Crippen LogP contribution in [0, 0.1) is 0 Å². The highest BCUT2D eigenvalue weighted by molar-refractivity contribution is 6.30. The van der Waals surface area contributed by atoms with Crippen molar-refractivity contribution < 1.29 is 17.9 Å². The lowest BCUT2D eigenvalue weighted by Crippen LogP contribution is -2.05. The molecule has 0 unspecified atom stereocenters. The summed E-state index contributed by atoms with van der Waals surface area (Å²) in [5.74, 6) is 0.370. The van der Waals surface area contributed by atoms with Gasteiger partial charge < -0.3 is 4.74 Å². The van der Waals surface area contributed by atoms with E-state index in [1.165, 1.54) is 19.3 Å². The molecular formula is C17H12ClF3N4O. The molecule has 0 bridgehead atoms. The van der Waals surface area contributed by atoms with Crippen molar-refractivity contribution in [1.29, 1.82) is 0 Å². The predicted octanol–water partition coefficient (Wildman–Crippen LogP) is 4.98. The fourth-order valence-electron chi connectivity index (χ4n) is 2.26. The number of ether oxygens (including phenoxy) is 1. The monoisotopic (exact) mass is 380 g/mol. The summed E-state index contributed by atoms with van der Waals surface area (Å²) in [7, 11) is 1.53. The zero-order valence-corrected chi connectivity index (χ0v) is 14.1. The molecule has 1 N–H and O–H groups in total. The zero-order chi connectivity index (χ0) is 18.7. The summed E-state index contributed by atoms with van der Waals surface area (Å²) >= 11 is 5.80. The third-order valence-corrected chi connectivity index (χ3v) is 3.63. The molecule has 0 radical (unpaired) electrons. The Kier molecular flexibility index (Phi) is 4.94. The number of rotatable bonds is 4. The number of benzene rings is 2. The number of aromatic nitrogens is 3. The molecule has 0 saturated carbocycles. The van der Waals surface area contributed by atoms with E-state index >= 15 is 0 Å². The van der Waals surface area contributed by atoms with Gasteiger partial charge in [-0.3, -0.25) is 4.99 Å². The maximum Gasteiger partial charge on any atom is 0.416 e. The van der Waals surface area contributed by atoms with E-state index in [4.69, 9.17) is 16.3 Å². The summed E-state index contributed by atoms with van der Waals surface area (Å²) < 4.78 is 45.4. The van der Waals surface area contributed by atoms with Gasteiger partial charge in [0.1, 0.15) is 22.9 Å². The third kappa shape index (κ3) is 4.02. The normalized spacial score (nSPS) is 11.9. The Bertz CT molecular complexity index is 936. The Labute approximate surface area is 151 Å². The Hall–Kier alpha value is -2.87. The number of H-pyrrole nitrogens is 1. The second-order valence-electron chi connectivity index (χ2n) is 5.24. The van der Waals surface area contributed by atoms with Crippen LogP contribution in [0.25, 0.3) is 11.3 Å². The minimum Gasteiger partial charge on any atom is -0.457 e. The van der Waals surface area contributed by atoms with Gasteiger partial charge in [-0.2, -0.15) is 28.6 Å². The van der Waals surface area contributed by atoms with E-state index in [9.17, 15) is 13.2 Å². The van der Waals surface area contributed by atoms with Gasteiger partial charge in [-0.05, 0) is 42.5 Å². The van der Waals surface area contributed by atoms with E-state index in [1.807, 2.05) is 0 Å². The maximum absolute atomic E-state index is 13.3. The number of aliphatic imine (C=N–C) groups is 1. The first-order chi connectivity index (χ1) is 12.4. The number of nitrogens with one attached hydrogen (secondary N) is 1. The molecule has 134 valence electrons. The van der Waals surface area contributed by atoms with Crippen LogP contribution in [0.4, 0.5) is 13.2 Å². The lowest BCUT2D eigenvalue weighted by Gasteiger charge is -2.12.